The topological polar surface area (TPSA) is 40.5 Å². The van der Waals surface area contributed by atoms with E-state index in [9.17, 15) is 49.7 Å². The first-order chi connectivity index (χ1) is 14.6. The predicted molar refractivity (Wildman–Crippen MR) is 100 cm³/mol. The number of unbranched alkanes of at least 4 members (excludes halogenated alkanes) is 8. The zero-order valence-corrected chi connectivity index (χ0v) is 17.3. The van der Waals surface area contributed by atoms with Gasteiger partial charge in [0.2, 0.25) is 0 Å². The Morgan fingerprint density at radius 2 is 1.03 bits per heavy atom. The summed E-state index contributed by atoms with van der Waals surface area (Å²) in [5.74, 6) is -19.0. The van der Waals surface area contributed by atoms with Crippen molar-refractivity contribution < 1.29 is 49.7 Å². The van der Waals surface area contributed by atoms with E-state index in [0.29, 0.717) is 44.6 Å². The molecule has 186 valence electrons. The van der Waals surface area contributed by atoms with Crippen molar-refractivity contribution in [2.75, 3.05) is 0 Å². The van der Waals surface area contributed by atoms with Gasteiger partial charge >= 0.3 is 23.9 Å². The lowest BCUT2D eigenvalue weighted by molar-refractivity contribution is -0.317. The normalized spacial score (nSPS) is 13.5. The molecule has 0 bridgehead atoms. The molecule has 1 rings (SSSR count). The van der Waals surface area contributed by atoms with Crippen LogP contribution in [0.2, 0.25) is 0 Å². The van der Waals surface area contributed by atoms with Gasteiger partial charge in [-0.3, -0.25) is 0 Å². The predicted octanol–water partition coefficient (Wildman–Crippen LogP) is 8.31. The van der Waals surface area contributed by atoms with Gasteiger partial charge in [-0.15, -0.1) is 0 Å². The summed E-state index contributed by atoms with van der Waals surface area (Å²) < 4.78 is 120. The van der Waals surface area contributed by atoms with Crippen molar-refractivity contribution in [3.8, 4) is 11.5 Å². The number of aromatic hydroxyl groups is 2. The number of hydrogen-bond acceptors (Lipinski definition) is 2. The van der Waals surface area contributed by atoms with Gasteiger partial charge < -0.3 is 10.2 Å². The number of para-hydroxylation sites is 1. The second-order valence-electron chi connectivity index (χ2n) is 7.82. The summed E-state index contributed by atoms with van der Waals surface area (Å²) in [5.41, 5.74) is -1.79. The van der Waals surface area contributed by atoms with E-state index in [1.807, 2.05) is 0 Å². The number of rotatable bonds is 14. The van der Waals surface area contributed by atoms with Crippen LogP contribution in [-0.2, 0) is 5.92 Å². The smallest absolute Gasteiger partial charge is 0.389 e. The highest BCUT2D eigenvalue weighted by Gasteiger charge is 2.72. The molecule has 0 amide bonds. The van der Waals surface area contributed by atoms with Crippen molar-refractivity contribution in [3.63, 3.8) is 0 Å². The van der Waals surface area contributed by atoms with Crippen LogP contribution in [0.1, 0.15) is 76.2 Å². The van der Waals surface area contributed by atoms with E-state index in [0.717, 1.165) is 12.1 Å². The third-order valence-electron chi connectivity index (χ3n) is 5.16. The molecule has 0 heterocycles. The quantitative estimate of drug-likeness (QED) is 0.159. The zero-order valence-electron chi connectivity index (χ0n) is 17.3. The minimum absolute atomic E-state index is 0.0395. The summed E-state index contributed by atoms with van der Waals surface area (Å²) in [6.45, 7) is 0. The maximum atomic E-state index is 14.2. The number of phenols is 2. The molecule has 0 aliphatic rings. The molecule has 0 radical (unpaired) electrons. The molecular weight excluding hydrogens is 455 g/mol. The summed E-state index contributed by atoms with van der Waals surface area (Å²) >= 11 is 0. The van der Waals surface area contributed by atoms with Crippen LogP contribution >= 0.6 is 0 Å². The van der Waals surface area contributed by atoms with E-state index < -0.39 is 60.3 Å². The average Bonchev–Trinajstić information content (AvgIpc) is 2.66. The molecule has 2 N–H and O–H groups in total. The molecular formula is C21H27F9O2. The van der Waals surface area contributed by atoms with Gasteiger partial charge in [0.1, 0.15) is 0 Å². The maximum absolute atomic E-state index is 14.2. The monoisotopic (exact) mass is 482 g/mol. The summed E-state index contributed by atoms with van der Waals surface area (Å²) in [7, 11) is 0. The standard InChI is InChI=1S/C21H27F9O2/c22-18(23,13-8-6-4-2-1-3-5-7-9-14-19(24,25)26)21(29,30)20(27,28)15-11-10-12-16(31)17(15)32/h10-12,31-32H,1-9,13-14H2. The zero-order chi connectivity index (χ0) is 24.6. The van der Waals surface area contributed by atoms with E-state index in [4.69, 9.17) is 0 Å². The van der Waals surface area contributed by atoms with Crippen molar-refractivity contribution in [2.45, 2.75) is 94.6 Å². The van der Waals surface area contributed by atoms with Crippen LogP contribution in [0.3, 0.4) is 0 Å². The van der Waals surface area contributed by atoms with Gasteiger partial charge in [0.05, 0.1) is 5.56 Å². The maximum Gasteiger partial charge on any atom is 0.389 e. The van der Waals surface area contributed by atoms with E-state index >= 15 is 0 Å². The van der Waals surface area contributed by atoms with Gasteiger partial charge in [-0.1, -0.05) is 51.0 Å². The first kappa shape index (κ1) is 28.2. The van der Waals surface area contributed by atoms with Crippen LogP contribution in [0.25, 0.3) is 0 Å². The Labute approximate surface area is 180 Å². The van der Waals surface area contributed by atoms with E-state index in [1.165, 1.54) is 0 Å². The summed E-state index contributed by atoms with van der Waals surface area (Å²) in [6, 6.07) is 1.80. The Hall–Kier alpha value is -1.81. The molecule has 0 fully saturated rings. The lowest BCUT2D eigenvalue weighted by atomic mass is 9.93. The molecule has 0 saturated heterocycles. The van der Waals surface area contributed by atoms with Gasteiger partial charge in [-0.25, -0.2) is 0 Å². The first-order valence-electron chi connectivity index (χ1n) is 10.3. The van der Waals surface area contributed by atoms with Gasteiger partial charge in [-0.05, 0) is 25.0 Å². The van der Waals surface area contributed by atoms with E-state index in [1.54, 1.807) is 0 Å². The molecule has 0 aliphatic heterocycles. The Morgan fingerprint density at radius 1 is 0.594 bits per heavy atom. The molecule has 1 aromatic rings. The van der Waals surface area contributed by atoms with Gasteiger partial charge in [-0.2, -0.15) is 39.5 Å². The third kappa shape index (κ3) is 7.65. The van der Waals surface area contributed by atoms with Crippen LogP contribution in [0, 0.1) is 0 Å². The van der Waals surface area contributed by atoms with Crippen molar-refractivity contribution in [1.29, 1.82) is 0 Å². The number of benzene rings is 1. The second kappa shape index (κ2) is 11.4. The van der Waals surface area contributed by atoms with Crippen LogP contribution in [0.15, 0.2) is 18.2 Å². The Morgan fingerprint density at radius 3 is 1.50 bits per heavy atom. The summed E-state index contributed by atoms with van der Waals surface area (Å²) in [6.07, 6.45) is -3.52. The fourth-order valence-electron chi connectivity index (χ4n) is 3.25. The molecule has 0 aliphatic carbocycles. The number of phenolic OH excluding ortho intramolecular Hbond substituents is 2. The fourth-order valence-corrected chi connectivity index (χ4v) is 3.25. The first-order valence-corrected chi connectivity index (χ1v) is 10.3. The Balaban J connectivity index is 2.41. The molecule has 0 aromatic heterocycles. The van der Waals surface area contributed by atoms with Gasteiger partial charge in [0.15, 0.2) is 11.5 Å². The van der Waals surface area contributed by atoms with Crippen LogP contribution < -0.4 is 0 Å². The van der Waals surface area contributed by atoms with E-state index in [-0.39, 0.29) is 12.8 Å². The third-order valence-corrected chi connectivity index (χ3v) is 5.16. The van der Waals surface area contributed by atoms with Crippen molar-refractivity contribution in [2.24, 2.45) is 0 Å². The Kier molecular flexibility index (Phi) is 10.0. The number of alkyl halides is 9. The van der Waals surface area contributed by atoms with Crippen LogP contribution in [-0.4, -0.2) is 28.2 Å². The highest BCUT2D eigenvalue weighted by atomic mass is 19.4. The summed E-state index contributed by atoms with van der Waals surface area (Å²) in [4.78, 5) is 0. The van der Waals surface area contributed by atoms with Gasteiger partial charge in [0.25, 0.3) is 0 Å². The lowest BCUT2D eigenvalue weighted by Crippen LogP contribution is -2.52. The van der Waals surface area contributed by atoms with Crippen molar-refractivity contribution in [1.82, 2.24) is 0 Å². The van der Waals surface area contributed by atoms with Gasteiger partial charge in [0, 0.05) is 12.8 Å². The van der Waals surface area contributed by atoms with Crippen molar-refractivity contribution in [3.05, 3.63) is 23.8 Å². The number of hydrogen-bond donors (Lipinski definition) is 2. The highest BCUT2D eigenvalue weighted by Crippen LogP contribution is 2.55. The molecule has 32 heavy (non-hydrogen) atoms. The van der Waals surface area contributed by atoms with Crippen molar-refractivity contribution >= 4 is 0 Å². The fraction of sp³-hybridized carbons (Fsp3) is 0.714. The molecule has 2 nitrogen and oxygen atoms in total. The number of halogens is 9. The highest BCUT2D eigenvalue weighted by molar-refractivity contribution is 5.47. The molecule has 1 aromatic carbocycles. The minimum atomic E-state index is -5.80. The Bertz CT molecular complexity index is 703. The largest absolute Gasteiger partial charge is 0.504 e. The molecule has 0 spiro atoms. The molecule has 11 heteroatoms. The second-order valence-corrected chi connectivity index (χ2v) is 7.82. The molecule has 0 atom stereocenters. The summed E-state index contributed by atoms with van der Waals surface area (Å²) in [5, 5.41) is 18.6. The molecule has 0 saturated carbocycles. The lowest BCUT2D eigenvalue weighted by Gasteiger charge is -2.33. The van der Waals surface area contributed by atoms with E-state index in [2.05, 4.69) is 0 Å². The molecule has 0 unspecified atom stereocenters. The SMILES string of the molecule is Oc1cccc(C(F)(F)C(F)(F)C(F)(F)CCCCCCCCCCCC(F)(F)F)c1O. The van der Waals surface area contributed by atoms with Crippen LogP contribution in [0.5, 0.6) is 11.5 Å². The van der Waals surface area contributed by atoms with Crippen LogP contribution in [0.4, 0.5) is 39.5 Å². The average molecular weight is 482 g/mol. The minimum Gasteiger partial charge on any atom is -0.504 e.